The molecule has 0 unspecified atom stereocenters. The van der Waals surface area contributed by atoms with Crippen LogP contribution in [0.3, 0.4) is 0 Å². The highest BCUT2D eigenvalue weighted by atomic mass is 16.5. The van der Waals surface area contributed by atoms with Crippen molar-refractivity contribution in [2.45, 2.75) is 0 Å². The van der Waals surface area contributed by atoms with Crippen molar-refractivity contribution in [1.82, 2.24) is 29.3 Å². The molecule has 0 radical (unpaired) electrons. The third-order valence-electron chi connectivity index (χ3n) is 3.95. The molecule has 4 aromatic rings. The number of nitrogens with zero attached hydrogens (tertiary/aromatic N) is 6. The first kappa shape index (κ1) is 18.0. The molecular weight excluding hydrogens is 374 g/mol. The lowest BCUT2D eigenvalue weighted by molar-refractivity contribution is 0.102. The standard InChI is InChI=1S/C19H15N7O3/c1-25-8-2-3-15(19(25)28)18(27)24-16-5-4-14(10-22-16)29-13-6-7-21-17(9-13)26-12-20-11-23-26/h2-12H,1H3,(H,22,24,27). The van der Waals surface area contributed by atoms with Crippen LogP contribution in [0.15, 0.2) is 72.4 Å². The fourth-order valence-electron chi connectivity index (χ4n) is 2.52. The third kappa shape index (κ3) is 4.00. The summed E-state index contributed by atoms with van der Waals surface area (Å²) in [5.74, 6) is 1.33. The van der Waals surface area contributed by atoms with Crippen molar-refractivity contribution < 1.29 is 9.53 Å². The second-order valence-electron chi connectivity index (χ2n) is 5.96. The van der Waals surface area contributed by atoms with Crippen molar-refractivity contribution in [3.8, 4) is 17.3 Å². The van der Waals surface area contributed by atoms with Crippen LogP contribution >= 0.6 is 0 Å². The van der Waals surface area contributed by atoms with E-state index < -0.39 is 5.91 Å². The normalized spacial score (nSPS) is 10.5. The molecule has 4 rings (SSSR count). The van der Waals surface area contributed by atoms with Gasteiger partial charge in [0.1, 0.15) is 35.5 Å². The maximum atomic E-state index is 12.3. The second kappa shape index (κ2) is 7.72. The summed E-state index contributed by atoms with van der Waals surface area (Å²) in [5, 5.41) is 6.62. The van der Waals surface area contributed by atoms with E-state index in [0.717, 1.165) is 0 Å². The Morgan fingerprint density at radius 1 is 1.14 bits per heavy atom. The molecule has 0 saturated carbocycles. The van der Waals surface area contributed by atoms with E-state index in [0.29, 0.717) is 23.1 Å². The predicted octanol–water partition coefficient (Wildman–Crippen LogP) is 1.80. The van der Waals surface area contributed by atoms with Gasteiger partial charge in [-0.25, -0.2) is 19.6 Å². The molecule has 0 aliphatic heterocycles. The van der Waals surface area contributed by atoms with E-state index in [9.17, 15) is 9.59 Å². The molecule has 4 aromatic heterocycles. The average Bonchev–Trinajstić information content (AvgIpc) is 3.27. The number of pyridine rings is 3. The zero-order chi connectivity index (χ0) is 20.2. The molecule has 29 heavy (non-hydrogen) atoms. The molecule has 0 aromatic carbocycles. The van der Waals surface area contributed by atoms with E-state index in [1.54, 1.807) is 49.8 Å². The van der Waals surface area contributed by atoms with Crippen LogP contribution in [0.25, 0.3) is 5.82 Å². The van der Waals surface area contributed by atoms with Gasteiger partial charge in [-0.1, -0.05) is 0 Å². The fourth-order valence-corrected chi connectivity index (χ4v) is 2.52. The number of anilines is 1. The molecule has 10 heteroatoms. The van der Waals surface area contributed by atoms with Gasteiger partial charge in [-0.15, -0.1) is 0 Å². The minimum absolute atomic E-state index is 0.0366. The Balaban J connectivity index is 1.46. The van der Waals surface area contributed by atoms with Crippen molar-refractivity contribution in [2.24, 2.45) is 7.05 Å². The van der Waals surface area contributed by atoms with Gasteiger partial charge in [0.05, 0.1) is 6.20 Å². The van der Waals surface area contributed by atoms with Crippen molar-refractivity contribution in [2.75, 3.05) is 5.32 Å². The van der Waals surface area contributed by atoms with Crippen molar-refractivity contribution in [1.29, 1.82) is 0 Å². The Morgan fingerprint density at radius 2 is 2.03 bits per heavy atom. The number of amides is 1. The fraction of sp³-hybridized carbons (Fsp3) is 0.0526. The summed E-state index contributed by atoms with van der Waals surface area (Å²) in [5.41, 5.74) is -0.347. The maximum absolute atomic E-state index is 12.3. The lowest BCUT2D eigenvalue weighted by Crippen LogP contribution is -2.27. The molecule has 0 aliphatic rings. The molecular formula is C19H15N7O3. The number of rotatable bonds is 5. The summed E-state index contributed by atoms with van der Waals surface area (Å²) in [4.78, 5) is 36.6. The van der Waals surface area contributed by atoms with Gasteiger partial charge in [0, 0.05) is 25.5 Å². The lowest BCUT2D eigenvalue weighted by Gasteiger charge is -2.08. The third-order valence-corrected chi connectivity index (χ3v) is 3.95. The summed E-state index contributed by atoms with van der Waals surface area (Å²) in [6.07, 6.45) is 7.59. The molecule has 0 atom stereocenters. The van der Waals surface area contributed by atoms with E-state index in [2.05, 4.69) is 25.4 Å². The van der Waals surface area contributed by atoms with Gasteiger partial charge in [-0.3, -0.25) is 9.59 Å². The van der Waals surface area contributed by atoms with Gasteiger partial charge in [0.25, 0.3) is 11.5 Å². The minimum Gasteiger partial charge on any atom is -0.456 e. The van der Waals surface area contributed by atoms with E-state index in [1.165, 1.54) is 34.2 Å². The van der Waals surface area contributed by atoms with E-state index in [-0.39, 0.29) is 11.1 Å². The summed E-state index contributed by atoms with van der Waals surface area (Å²) in [6, 6.07) is 9.73. The van der Waals surface area contributed by atoms with Gasteiger partial charge in [0.15, 0.2) is 5.82 Å². The Labute approximate surface area is 164 Å². The number of aromatic nitrogens is 6. The first-order valence-corrected chi connectivity index (χ1v) is 8.52. The maximum Gasteiger partial charge on any atom is 0.263 e. The topological polar surface area (TPSA) is 117 Å². The van der Waals surface area contributed by atoms with Gasteiger partial charge >= 0.3 is 0 Å². The van der Waals surface area contributed by atoms with Crippen LogP contribution in [-0.4, -0.2) is 35.2 Å². The highest BCUT2D eigenvalue weighted by Gasteiger charge is 2.12. The van der Waals surface area contributed by atoms with Crippen molar-refractivity contribution in [3.63, 3.8) is 0 Å². The number of carbonyl (C=O) groups excluding carboxylic acids is 1. The van der Waals surface area contributed by atoms with E-state index in [1.807, 2.05) is 0 Å². The SMILES string of the molecule is Cn1cccc(C(=O)Nc2ccc(Oc3ccnc(-n4cncn4)c3)cn2)c1=O. The van der Waals surface area contributed by atoms with Crippen LogP contribution in [0.2, 0.25) is 0 Å². The number of aryl methyl sites for hydroxylation is 1. The minimum atomic E-state index is -0.529. The van der Waals surface area contributed by atoms with E-state index >= 15 is 0 Å². The lowest BCUT2D eigenvalue weighted by atomic mass is 10.2. The molecule has 0 fully saturated rings. The molecule has 0 aliphatic carbocycles. The number of nitrogens with one attached hydrogen (secondary N) is 1. The zero-order valence-corrected chi connectivity index (χ0v) is 15.3. The van der Waals surface area contributed by atoms with Crippen LogP contribution in [0.5, 0.6) is 11.5 Å². The van der Waals surface area contributed by atoms with Crippen molar-refractivity contribution in [3.05, 3.63) is 83.6 Å². The largest absolute Gasteiger partial charge is 0.456 e. The summed E-state index contributed by atoms with van der Waals surface area (Å²) in [6.45, 7) is 0. The average molecular weight is 389 g/mol. The molecule has 10 nitrogen and oxygen atoms in total. The van der Waals surface area contributed by atoms with Crippen LogP contribution < -0.4 is 15.6 Å². The van der Waals surface area contributed by atoms with Crippen LogP contribution in [-0.2, 0) is 7.05 Å². The molecule has 0 spiro atoms. The van der Waals surface area contributed by atoms with Crippen LogP contribution in [0.4, 0.5) is 5.82 Å². The Hall–Kier alpha value is -4.34. The number of hydrogen-bond donors (Lipinski definition) is 1. The Kier molecular flexibility index (Phi) is 4.81. The number of hydrogen-bond acceptors (Lipinski definition) is 7. The second-order valence-corrected chi connectivity index (χ2v) is 5.96. The number of ether oxygens (including phenoxy) is 1. The van der Waals surface area contributed by atoms with Crippen LogP contribution in [0.1, 0.15) is 10.4 Å². The Bertz CT molecular complexity index is 1200. The van der Waals surface area contributed by atoms with Gasteiger partial charge in [-0.05, 0) is 30.3 Å². The highest BCUT2D eigenvalue weighted by Crippen LogP contribution is 2.22. The van der Waals surface area contributed by atoms with Crippen molar-refractivity contribution >= 4 is 11.7 Å². The smallest absolute Gasteiger partial charge is 0.263 e. The predicted molar refractivity (Wildman–Crippen MR) is 103 cm³/mol. The molecule has 0 saturated heterocycles. The number of carbonyl (C=O) groups is 1. The highest BCUT2D eigenvalue weighted by molar-refractivity contribution is 6.03. The zero-order valence-electron chi connectivity index (χ0n) is 15.3. The summed E-state index contributed by atoms with van der Waals surface area (Å²) in [7, 11) is 1.58. The van der Waals surface area contributed by atoms with Crippen LogP contribution in [0, 0.1) is 0 Å². The molecule has 144 valence electrons. The van der Waals surface area contributed by atoms with Gasteiger partial charge < -0.3 is 14.6 Å². The quantitative estimate of drug-likeness (QED) is 0.553. The summed E-state index contributed by atoms with van der Waals surface area (Å²) < 4.78 is 8.61. The van der Waals surface area contributed by atoms with E-state index in [4.69, 9.17) is 4.74 Å². The Morgan fingerprint density at radius 3 is 2.79 bits per heavy atom. The first-order valence-electron chi connectivity index (χ1n) is 8.52. The van der Waals surface area contributed by atoms with Gasteiger partial charge in [0.2, 0.25) is 0 Å². The molecule has 0 bridgehead atoms. The molecule has 4 heterocycles. The first-order chi connectivity index (χ1) is 14.1. The van der Waals surface area contributed by atoms with Gasteiger partial charge in [-0.2, -0.15) is 5.10 Å². The molecule has 1 N–H and O–H groups in total. The molecule has 1 amide bonds. The monoisotopic (exact) mass is 389 g/mol. The summed E-state index contributed by atoms with van der Waals surface area (Å²) >= 11 is 0.